The summed E-state index contributed by atoms with van der Waals surface area (Å²) in [5.41, 5.74) is 1.44. The van der Waals surface area contributed by atoms with E-state index in [1.54, 1.807) is 34.9 Å². The molecule has 0 aliphatic carbocycles. The third-order valence-corrected chi connectivity index (χ3v) is 5.44. The number of ether oxygens (including phenoxy) is 1. The van der Waals surface area contributed by atoms with E-state index < -0.39 is 17.7 Å². The highest BCUT2D eigenvalue weighted by molar-refractivity contribution is 5.96. The molecule has 6 heteroatoms. The van der Waals surface area contributed by atoms with Gasteiger partial charge in [0.05, 0.1) is 23.4 Å². The van der Waals surface area contributed by atoms with Gasteiger partial charge in [0.1, 0.15) is 0 Å². The molecule has 4 rings (SSSR count). The number of hydrogen-bond acceptors (Lipinski definition) is 2. The molecular formula is C24H22F3NO2. The lowest BCUT2D eigenvalue weighted by molar-refractivity contribution is -0.137. The third-order valence-electron chi connectivity index (χ3n) is 5.44. The van der Waals surface area contributed by atoms with Crippen LogP contribution in [0.15, 0.2) is 54.6 Å². The Balaban J connectivity index is 1.95. The first-order chi connectivity index (χ1) is 14.4. The fraction of sp³-hybridized carbons (Fsp3) is 0.292. The minimum atomic E-state index is -4.69. The molecule has 0 saturated heterocycles. The summed E-state index contributed by atoms with van der Waals surface area (Å²) < 4.78 is 49.9. The summed E-state index contributed by atoms with van der Waals surface area (Å²) in [7, 11) is 0. The molecule has 0 fully saturated rings. The maximum atomic E-state index is 14.3. The summed E-state index contributed by atoms with van der Waals surface area (Å²) in [6.45, 7) is 2.31. The van der Waals surface area contributed by atoms with Gasteiger partial charge < -0.3 is 9.30 Å². The second-order valence-electron chi connectivity index (χ2n) is 7.43. The first-order valence-electron chi connectivity index (χ1n) is 10.0. The number of rotatable bonds is 5. The number of alkyl halides is 3. The van der Waals surface area contributed by atoms with Gasteiger partial charge in [0.25, 0.3) is 0 Å². The van der Waals surface area contributed by atoms with E-state index >= 15 is 0 Å². The molecule has 0 atom stereocenters. The maximum absolute atomic E-state index is 14.3. The zero-order valence-electron chi connectivity index (χ0n) is 16.6. The van der Waals surface area contributed by atoms with Gasteiger partial charge in [-0.15, -0.1) is 0 Å². The molecule has 0 radical (unpaired) electrons. The largest absolute Gasteiger partial charge is 0.462 e. The molecule has 1 aromatic heterocycles. The van der Waals surface area contributed by atoms with E-state index in [1.807, 2.05) is 31.2 Å². The van der Waals surface area contributed by atoms with E-state index in [0.29, 0.717) is 17.7 Å². The molecule has 2 heterocycles. The van der Waals surface area contributed by atoms with Crippen LogP contribution in [0.25, 0.3) is 11.3 Å². The Bertz CT molecular complexity index is 1070. The molecule has 0 saturated carbocycles. The normalized spacial score (nSPS) is 12.9. The molecule has 30 heavy (non-hydrogen) atoms. The van der Waals surface area contributed by atoms with Crippen molar-refractivity contribution in [2.24, 2.45) is 0 Å². The molecule has 0 unspecified atom stereocenters. The SMILES string of the molecule is CCCCOC(=O)c1c(C(F)(F)F)c(-c2ccccc2)n2c1Cc1ccccc1C2. The average molecular weight is 413 g/mol. The summed E-state index contributed by atoms with van der Waals surface area (Å²) in [6.07, 6.45) is -3.04. The summed E-state index contributed by atoms with van der Waals surface area (Å²) in [4.78, 5) is 12.9. The topological polar surface area (TPSA) is 31.2 Å². The van der Waals surface area contributed by atoms with Crippen molar-refractivity contribution in [1.82, 2.24) is 4.57 Å². The zero-order valence-corrected chi connectivity index (χ0v) is 16.6. The molecule has 0 N–H and O–H groups in total. The molecule has 3 nitrogen and oxygen atoms in total. The van der Waals surface area contributed by atoms with E-state index in [2.05, 4.69) is 0 Å². The molecule has 0 bridgehead atoms. The van der Waals surface area contributed by atoms with Gasteiger partial charge in [-0.1, -0.05) is 67.9 Å². The number of fused-ring (bicyclic) bond motifs is 2. The summed E-state index contributed by atoms with van der Waals surface area (Å²) >= 11 is 0. The lowest BCUT2D eigenvalue weighted by Crippen LogP contribution is -2.18. The minimum Gasteiger partial charge on any atom is -0.462 e. The summed E-state index contributed by atoms with van der Waals surface area (Å²) in [6, 6.07) is 16.0. The number of aromatic nitrogens is 1. The van der Waals surface area contributed by atoms with Gasteiger partial charge >= 0.3 is 12.1 Å². The van der Waals surface area contributed by atoms with Crippen molar-refractivity contribution in [1.29, 1.82) is 0 Å². The van der Waals surface area contributed by atoms with Crippen molar-refractivity contribution in [2.45, 2.75) is 38.9 Å². The predicted octanol–water partition coefficient (Wildman–Crippen LogP) is 6.08. The standard InChI is InChI=1S/C24H22F3NO2/c1-2-3-13-30-23(29)20-19-14-17-11-7-8-12-18(17)15-28(19)22(21(20)24(25,26)27)16-9-5-4-6-10-16/h4-12H,2-3,13-15H2,1H3. The van der Waals surface area contributed by atoms with Crippen LogP contribution in [0.5, 0.6) is 0 Å². The Morgan fingerprint density at radius 3 is 2.37 bits per heavy atom. The van der Waals surface area contributed by atoms with Crippen LogP contribution >= 0.6 is 0 Å². The van der Waals surface area contributed by atoms with Crippen molar-refractivity contribution >= 4 is 5.97 Å². The highest BCUT2D eigenvalue weighted by atomic mass is 19.4. The smallest absolute Gasteiger partial charge is 0.419 e. The Morgan fingerprint density at radius 1 is 1.03 bits per heavy atom. The number of hydrogen-bond donors (Lipinski definition) is 0. The van der Waals surface area contributed by atoms with Crippen molar-refractivity contribution in [3.63, 3.8) is 0 Å². The van der Waals surface area contributed by atoms with Crippen molar-refractivity contribution in [3.05, 3.63) is 82.5 Å². The minimum absolute atomic E-state index is 0.0232. The van der Waals surface area contributed by atoms with Crippen molar-refractivity contribution < 1.29 is 22.7 Å². The van der Waals surface area contributed by atoms with Crippen LogP contribution in [0.4, 0.5) is 13.2 Å². The Morgan fingerprint density at radius 2 is 1.70 bits per heavy atom. The average Bonchev–Trinajstić information content (AvgIpc) is 3.07. The number of halogens is 3. The van der Waals surface area contributed by atoms with Gasteiger partial charge in [-0.25, -0.2) is 4.79 Å². The Hall–Kier alpha value is -3.02. The predicted molar refractivity (Wildman–Crippen MR) is 108 cm³/mol. The van der Waals surface area contributed by atoms with Crippen LogP contribution in [0, 0.1) is 0 Å². The monoisotopic (exact) mass is 413 g/mol. The molecule has 0 amide bonds. The maximum Gasteiger partial charge on any atom is 0.419 e. The van der Waals surface area contributed by atoms with Gasteiger partial charge in [0.2, 0.25) is 0 Å². The molecule has 3 aromatic rings. The highest BCUT2D eigenvalue weighted by Crippen LogP contribution is 2.45. The number of carbonyl (C=O) groups excluding carboxylic acids is 1. The quantitative estimate of drug-likeness (QED) is 0.293. The van der Waals surface area contributed by atoms with Crippen molar-refractivity contribution in [2.75, 3.05) is 6.61 Å². The van der Waals surface area contributed by atoms with Crippen LogP contribution in [-0.4, -0.2) is 17.1 Å². The number of unbranched alkanes of at least 4 members (excludes halogenated alkanes) is 1. The lowest BCUT2D eigenvalue weighted by Gasteiger charge is -2.22. The molecule has 2 aromatic carbocycles. The fourth-order valence-corrected chi connectivity index (χ4v) is 4.03. The van der Waals surface area contributed by atoms with Crippen LogP contribution < -0.4 is 0 Å². The van der Waals surface area contributed by atoms with Crippen LogP contribution in [0.2, 0.25) is 0 Å². The third kappa shape index (κ3) is 3.62. The lowest BCUT2D eigenvalue weighted by atomic mass is 9.97. The second-order valence-corrected chi connectivity index (χ2v) is 7.43. The van der Waals surface area contributed by atoms with Gasteiger partial charge in [-0.05, 0) is 23.1 Å². The molecule has 0 spiro atoms. The van der Waals surface area contributed by atoms with Crippen LogP contribution in [-0.2, 0) is 23.9 Å². The first-order valence-corrected chi connectivity index (χ1v) is 10.0. The van der Waals surface area contributed by atoms with E-state index in [0.717, 1.165) is 17.5 Å². The fourth-order valence-electron chi connectivity index (χ4n) is 4.03. The van der Waals surface area contributed by atoms with Gasteiger partial charge in [0, 0.05) is 18.7 Å². The first kappa shape index (κ1) is 20.3. The van der Waals surface area contributed by atoms with E-state index in [9.17, 15) is 18.0 Å². The van der Waals surface area contributed by atoms with Gasteiger partial charge in [-0.3, -0.25) is 0 Å². The molecule has 1 aliphatic rings. The number of nitrogens with zero attached hydrogens (tertiary/aromatic N) is 1. The van der Waals surface area contributed by atoms with Crippen molar-refractivity contribution in [3.8, 4) is 11.3 Å². The number of carbonyl (C=O) groups is 1. The van der Waals surface area contributed by atoms with E-state index in [4.69, 9.17) is 4.74 Å². The number of benzene rings is 2. The van der Waals surface area contributed by atoms with E-state index in [-0.39, 0.29) is 30.8 Å². The molecular weight excluding hydrogens is 391 g/mol. The zero-order chi connectivity index (χ0) is 21.3. The summed E-state index contributed by atoms with van der Waals surface area (Å²) in [5, 5.41) is 0. The number of esters is 1. The molecule has 156 valence electrons. The van der Waals surface area contributed by atoms with Gasteiger partial charge in [0.15, 0.2) is 0 Å². The Labute approximate surface area is 173 Å². The Kier molecular flexibility index (Phi) is 5.41. The van der Waals surface area contributed by atoms with Gasteiger partial charge in [-0.2, -0.15) is 13.2 Å². The highest BCUT2D eigenvalue weighted by Gasteiger charge is 2.44. The van der Waals surface area contributed by atoms with Crippen LogP contribution in [0.1, 0.15) is 52.5 Å². The van der Waals surface area contributed by atoms with Crippen LogP contribution in [0.3, 0.4) is 0 Å². The van der Waals surface area contributed by atoms with E-state index in [1.165, 1.54) is 0 Å². The molecule has 1 aliphatic heterocycles. The summed E-state index contributed by atoms with van der Waals surface area (Å²) in [5.74, 6) is -0.902. The second kappa shape index (κ2) is 8.01.